The molecule has 0 heterocycles. The number of aliphatic hydroxyl groups excluding tert-OH is 1. The van der Waals surface area contributed by atoms with Crippen LogP contribution in [0.1, 0.15) is 58.8 Å². The average Bonchev–Trinajstić information content (AvgIpc) is 3.41. The molecule has 11 atom stereocenters. The van der Waals surface area contributed by atoms with Crippen LogP contribution >= 0.6 is 0 Å². The third-order valence-corrected chi connectivity index (χ3v) is 10.1. The van der Waals surface area contributed by atoms with Crippen molar-refractivity contribution in [1.82, 2.24) is 0 Å². The van der Waals surface area contributed by atoms with E-state index in [1.807, 2.05) is 0 Å². The number of carbonyl (C=O) groups excluding carboxylic acids is 1. The molecule has 132 valence electrons. The number of carbonyl (C=O) groups is 1. The normalized spacial score (nSPS) is 69.1. The summed E-state index contributed by atoms with van der Waals surface area (Å²) in [5, 5.41) is 21.9. The molecule has 0 radical (unpaired) electrons. The second-order valence-electron chi connectivity index (χ2n) is 10.8. The van der Waals surface area contributed by atoms with Crippen molar-refractivity contribution in [3.8, 4) is 0 Å². The fourth-order valence-electron chi connectivity index (χ4n) is 8.83. The lowest BCUT2D eigenvalue weighted by atomic mass is 9.43. The monoisotopic (exact) mass is 330 g/mol. The number of hydrogen-bond acceptors (Lipinski definition) is 3. The Labute approximate surface area is 144 Å². The van der Waals surface area contributed by atoms with Crippen molar-refractivity contribution in [2.45, 2.75) is 70.5 Å². The van der Waals surface area contributed by atoms with Gasteiger partial charge in [0.2, 0.25) is 0 Å². The Bertz CT molecular complexity index is 645. The van der Waals surface area contributed by atoms with E-state index < -0.39 is 5.60 Å². The zero-order valence-corrected chi connectivity index (χ0v) is 14.9. The lowest BCUT2D eigenvalue weighted by Gasteiger charge is -2.63. The standard InChI is InChI=1S/C21H30O3/c1-19-5-4-14-16(17(19)11-7-12(11)18(19)23)13-8-15(13)21(24)9-10(22)3-6-20(14,21)2/h10-17,22,24H,3-9H2,1-2H3/t10-,11+,12-,13+,14-,15+,16+,17-,19-,20+,21+/m0/s1. The molecule has 3 nitrogen and oxygen atoms in total. The summed E-state index contributed by atoms with van der Waals surface area (Å²) in [6, 6.07) is 0. The second kappa shape index (κ2) is 3.96. The van der Waals surface area contributed by atoms with E-state index in [4.69, 9.17) is 0 Å². The molecule has 0 saturated heterocycles. The molecule has 3 heteroatoms. The van der Waals surface area contributed by atoms with Crippen LogP contribution in [0.4, 0.5) is 0 Å². The molecular weight excluding hydrogens is 300 g/mol. The zero-order chi connectivity index (χ0) is 16.6. The highest BCUT2D eigenvalue weighted by atomic mass is 16.3. The molecule has 6 saturated carbocycles. The quantitative estimate of drug-likeness (QED) is 0.718. The maximum atomic E-state index is 12.9. The highest BCUT2D eigenvalue weighted by Gasteiger charge is 2.78. The molecule has 0 amide bonds. The molecule has 6 aliphatic carbocycles. The van der Waals surface area contributed by atoms with E-state index in [2.05, 4.69) is 13.8 Å². The van der Waals surface area contributed by atoms with Crippen molar-refractivity contribution in [1.29, 1.82) is 0 Å². The summed E-state index contributed by atoms with van der Waals surface area (Å²) >= 11 is 0. The molecule has 6 aliphatic rings. The molecule has 6 fully saturated rings. The fourth-order valence-corrected chi connectivity index (χ4v) is 8.83. The minimum Gasteiger partial charge on any atom is -0.393 e. The molecule has 0 aliphatic heterocycles. The lowest BCUT2D eigenvalue weighted by molar-refractivity contribution is -0.225. The Kier molecular flexibility index (Phi) is 2.43. The van der Waals surface area contributed by atoms with Gasteiger partial charge in [0.1, 0.15) is 5.78 Å². The van der Waals surface area contributed by atoms with Crippen molar-refractivity contribution in [3.05, 3.63) is 0 Å². The number of rotatable bonds is 0. The SMILES string of the molecule is C[C@]12CC[C@H]3[C@@H]([C@@H]4C[C@H]4[C@]4(O)C[C@@H](O)CC[C@]34C)[C@@H]1[C@@H]1C[C@@H]1C2=O. The van der Waals surface area contributed by atoms with Gasteiger partial charge in [0.05, 0.1) is 11.7 Å². The average molecular weight is 330 g/mol. The fraction of sp³-hybridized carbons (Fsp3) is 0.952. The minimum atomic E-state index is -0.657. The maximum Gasteiger partial charge on any atom is 0.142 e. The summed E-state index contributed by atoms with van der Waals surface area (Å²) < 4.78 is 0. The van der Waals surface area contributed by atoms with Gasteiger partial charge in [-0.3, -0.25) is 4.79 Å². The van der Waals surface area contributed by atoms with E-state index >= 15 is 0 Å². The maximum absolute atomic E-state index is 12.9. The van der Waals surface area contributed by atoms with Gasteiger partial charge in [-0.1, -0.05) is 13.8 Å². The van der Waals surface area contributed by atoms with Crippen molar-refractivity contribution >= 4 is 5.78 Å². The van der Waals surface area contributed by atoms with Gasteiger partial charge in [-0.2, -0.15) is 0 Å². The van der Waals surface area contributed by atoms with Crippen LogP contribution in [0, 0.1) is 52.3 Å². The van der Waals surface area contributed by atoms with Crippen molar-refractivity contribution in [2.24, 2.45) is 52.3 Å². The number of hydrogen-bond donors (Lipinski definition) is 2. The molecule has 0 bridgehead atoms. The van der Waals surface area contributed by atoms with Gasteiger partial charge in [0, 0.05) is 17.8 Å². The van der Waals surface area contributed by atoms with Crippen LogP contribution < -0.4 is 0 Å². The van der Waals surface area contributed by atoms with E-state index in [1.54, 1.807) is 0 Å². The third-order valence-electron chi connectivity index (χ3n) is 10.1. The minimum absolute atomic E-state index is 0.0497. The highest BCUT2D eigenvalue weighted by molar-refractivity contribution is 5.92. The Morgan fingerprint density at radius 1 is 1.04 bits per heavy atom. The summed E-state index contributed by atoms with van der Waals surface area (Å²) in [7, 11) is 0. The smallest absolute Gasteiger partial charge is 0.142 e. The zero-order valence-electron chi connectivity index (χ0n) is 14.9. The number of fused-ring (bicyclic) bond motifs is 10. The van der Waals surface area contributed by atoms with Gasteiger partial charge in [0.15, 0.2) is 0 Å². The lowest BCUT2D eigenvalue weighted by Crippen LogP contribution is -2.64. The molecule has 0 unspecified atom stereocenters. The number of Topliss-reactive ketones (excluding diaryl/α,β-unsaturated/α-hetero) is 1. The first-order valence-corrected chi connectivity index (χ1v) is 10.3. The molecule has 0 aromatic carbocycles. The molecular formula is C21H30O3. The van der Waals surface area contributed by atoms with E-state index in [1.165, 1.54) is 0 Å². The van der Waals surface area contributed by atoms with Gasteiger partial charge >= 0.3 is 0 Å². The van der Waals surface area contributed by atoms with E-state index in [0.717, 1.165) is 38.5 Å². The van der Waals surface area contributed by atoms with Crippen LogP contribution in [0.25, 0.3) is 0 Å². The van der Waals surface area contributed by atoms with E-state index in [0.29, 0.717) is 53.6 Å². The van der Waals surface area contributed by atoms with Gasteiger partial charge in [-0.15, -0.1) is 0 Å². The second-order valence-corrected chi connectivity index (χ2v) is 10.8. The predicted molar refractivity (Wildman–Crippen MR) is 88.9 cm³/mol. The van der Waals surface area contributed by atoms with Crippen LogP contribution in [-0.4, -0.2) is 27.7 Å². The van der Waals surface area contributed by atoms with Crippen LogP contribution in [0.3, 0.4) is 0 Å². The van der Waals surface area contributed by atoms with Gasteiger partial charge in [0.25, 0.3) is 0 Å². The largest absolute Gasteiger partial charge is 0.393 e. The Morgan fingerprint density at radius 2 is 1.83 bits per heavy atom. The first-order chi connectivity index (χ1) is 11.3. The van der Waals surface area contributed by atoms with E-state index in [-0.39, 0.29) is 16.9 Å². The van der Waals surface area contributed by atoms with Crippen LogP contribution in [0.5, 0.6) is 0 Å². The van der Waals surface area contributed by atoms with Crippen molar-refractivity contribution < 1.29 is 15.0 Å². The summed E-state index contributed by atoms with van der Waals surface area (Å²) in [6.45, 7) is 4.60. The Balaban J connectivity index is 1.45. The Morgan fingerprint density at radius 3 is 2.62 bits per heavy atom. The first kappa shape index (κ1) is 14.7. The number of aliphatic hydroxyl groups is 2. The highest BCUT2D eigenvalue weighted by Crippen LogP contribution is 2.78. The predicted octanol–water partition coefficient (Wildman–Crippen LogP) is 2.79. The van der Waals surface area contributed by atoms with Crippen molar-refractivity contribution in [3.63, 3.8) is 0 Å². The van der Waals surface area contributed by atoms with Crippen LogP contribution in [-0.2, 0) is 4.79 Å². The molecule has 2 N–H and O–H groups in total. The molecule has 24 heavy (non-hydrogen) atoms. The molecule has 0 aromatic heterocycles. The van der Waals surface area contributed by atoms with Gasteiger partial charge in [-0.25, -0.2) is 0 Å². The summed E-state index contributed by atoms with van der Waals surface area (Å²) in [6.07, 6.45) is 6.50. The first-order valence-electron chi connectivity index (χ1n) is 10.3. The third kappa shape index (κ3) is 1.37. The van der Waals surface area contributed by atoms with Crippen molar-refractivity contribution in [2.75, 3.05) is 0 Å². The number of ketones is 1. The van der Waals surface area contributed by atoms with Crippen LogP contribution in [0.2, 0.25) is 0 Å². The van der Waals surface area contributed by atoms with Gasteiger partial charge in [-0.05, 0) is 79.4 Å². The molecule has 0 spiro atoms. The van der Waals surface area contributed by atoms with Gasteiger partial charge < -0.3 is 10.2 Å². The molecule has 0 aromatic rings. The summed E-state index contributed by atoms with van der Waals surface area (Å²) in [5.74, 6) is 4.46. The van der Waals surface area contributed by atoms with E-state index in [9.17, 15) is 15.0 Å². The van der Waals surface area contributed by atoms with Crippen LogP contribution in [0.15, 0.2) is 0 Å². The summed E-state index contributed by atoms with van der Waals surface area (Å²) in [4.78, 5) is 12.9. The Hall–Kier alpha value is -0.410. The topological polar surface area (TPSA) is 57.5 Å². The molecule has 6 rings (SSSR count). The summed E-state index contributed by atoms with van der Waals surface area (Å²) in [5.41, 5.74) is -0.760.